The topological polar surface area (TPSA) is 98.2 Å². The zero-order chi connectivity index (χ0) is 17.1. The van der Waals surface area contributed by atoms with E-state index in [1.807, 2.05) is 0 Å². The van der Waals surface area contributed by atoms with Crippen LogP contribution < -0.4 is 11.1 Å². The smallest absolute Gasteiger partial charge is 0.286 e. The molecule has 3 rings (SSSR count). The van der Waals surface area contributed by atoms with E-state index in [4.69, 9.17) is 10.2 Å². The molecule has 0 aliphatic rings. The molecule has 0 bridgehead atoms. The lowest BCUT2D eigenvalue weighted by Gasteiger charge is -2.05. The SMILES string of the molecule is NC(=O)c1oc2ccccc2c1NC(=O)CCc1cncc(F)c1. The van der Waals surface area contributed by atoms with Crippen LogP contribution >= 0.6 is 0 Å². The zero-order valence-corrected chi connectivity index (χ0v) is 12.6. The molecule has 0 unspecified atom stereocenters. The zero-order valence-electron chi connectivity index (χ0n) is 12.6. The summed E-state index contributed by atoms with van der Waals surface area (Å²) in [5.74, 6) is -1.66. The molecule has 3 N–H and O–H groups in total. The fourth-order valence-electron chi connectivity index (χ4n) is 2.40. The van der Waals surface area contributed by atoms with Gasteiger partial charge >= 0.3 is 0 Å². The average molecular weight is 327 g/mol. The van der Waals surface area contributed by atoms with Crippen LogP contribution in [0.5, 0.6) is 0 Å². The number of nitrogens with one attached hydrogen (secondary N) is 1. The third-order valence-corrected chi connectivity index (χ3v) is 3.49. The Morgan fingerprint density at radius 3 is 2.79 bits per heavy atom. The van der Waals surface area contributed by atoms with Crippen LogP contribution in [-0.2, 0) is 11.2 Å². The van der Waals surface area contributed by atoms with E-state index in [9.17, 15) is 14.0 Å². The number of nitrogens with zero attached hydrogens (tertiary/aromatic N) is 1. The van der Waals surface area contributed by atoms with Crippen LogP contribution in [0.15, 0.2) is 47.1 Å². The number of carbonyl (C=O) groups is 2. The summed E-state index contributed by atoms with van der Waals surface area (Å²) in [4.78, 5) is 27.4. The Bertz CT molecular complexity index is 920. The van der Waals surface area contributed by atoms with Gasteiger partial charge in [-0.15, -0.1) is 0 Å². The predicted octanol–water partition coefficient (Wildman–Crippen LogP) is 2.64. The third-order valence-electron chi connectivity index (χ3n) is 3.49. The molecule has 0 spiro atoms. The van der Waals surface area contributed by atoms with Crippen molar-refractivity contribution < 1.29 is 18.4 Å². The van der Waals surface area contributed by atoms with E-state index in [1.54, 1.807) is 24.3 Å². The first-order valence-electron chi connectivity index (χ1n) is 7.25. The molecule has 0 aliphatic heterocycles. The molecular weight excluding hydrogens is 313 g/mol. The maximum Gasteiger partial charge on any atom is 0.286 e. The van der Waals surface area contributed by atoms with Crippen LogP contribution in [0, 0.1) is 5.82 Å². The monoisotopic (exact) mass is 327 g/mol. The number of furan rings is 1. The van der Waals surface area contributed by atoms with Gasteiger partial charge < -0.3 is 15.5 Å². The number of benzene rings is 1. The molecule has 0 atom stereocenters. The highest BCUT2D eigenvalue weighted by Crippen LogP contribution is 2.30. The highest BCUT2D eigenvalue weighted by atomic mass is 19.1. The fraction of sp³-hybridized carbons (Fsp3) is 0.118. The molecule has 0 fully saturated rings. The molecule has 6 nitrogen and oxygen atoms in total. The summed E-state index contributed by atoms with van der Waals surface area (Å²) in [7, 11) is 0. The summed E-state index contributed by atoms with van der Waals surface area (Å²) in [5.41, 5.74) is 6.62. The lowest BCUT2D eigenvalue weighted by Crippen LogP contribution is -2.17. The van der Waals surface area contributed by atoms with Crippen LogP contribution in [0.3, 0.4) is 0 Å². The first-order chi connectivity index (χ1) is 11.5. The summed E-state index contributed by atoms with van der Waals surface area (Å²) in [6.45, 7) is 0. The van der Waals surface area contributed by atoms with Crippen molar-refractivity contribution in [3.8, 4) is 0 Å². The van der Waals surface area contributed by atoms with Crippen LogP contribution in [0.4, 0.5) is 10.1 Å². The number of fused-ring (bicyclic) bond motifs is 1. The molecule has 3 aromatic rings. The first kappa shape index (κ1) is 15.7. The van der Waals surface area contributed by atoms with Gasteiger partial charge in [-0.2, -0.15) is 0 Å². The molecule has 7 heteroatoms. The van der Waals surface area contributed by atoms with E-state index in [0.29, 0.717) is 23.0 Å². The van der Waals surface area contributed by atoms with Gasteiger partial charge in [-0.05, 0) is 30.2 Å². The molecule has 2 aromatic heterocycles. The lowest BCUT2D eigenvalue weighted by atomic mass is 10.1. The summed E-state index contributed by atoms with van der Waals surface area (Å²) >= 11 is 0. The van der Waals surface area contributed by atoms with E-state index in [0.717, 1.165) is 6.20 Å². The summed E-state index contributed by atoms with van der Waals surface area (Å²) in [5, 5.41) is 3.24. The first-order valence-corrected chi connectivity index (χ1v) is 7.25. The van der Waals surface area contributed by atoms with Crippen molar-refractivity contribution in [3.63, 3.8) is 0 Å². The number of para-hydroxylation sites is 1. The van der Waals surface area contributed by atoms with Crippen molar-refractivity contribution >= 4 is 28.5 Å². The number of hydrogen-bond acceptors (Lipinski definition) is 4. The molecule has 0 aliphatic carbocycles. The Kier molecular flexibility index (Phi) is 4.24. The number of carbonyl (C=O) groups excluding carboxylic acids is 2. The Morgan fingerprint density at radius 2 is 2.04 bits per heavy atom. The Labute approximate surface area is 136 Å². The number of nitrogens with two attached hydrogens (primary N) is 1. The van der Waals surface area contributed by atoms with Crippen LogP contribution in [0.2, 0.25) is 0 Å². The second-order valence-corrected chi connectivity index (χ2v) is 5.23. The number of anilines is 1. The maximum atomic E-state index is 13.1. The largest absolute Gasteiger partial charge is 0.449 e. The number of aryl methyl sites for hydroxylation is 1. The van der Waals surface area contributed by atoms with E-state index < -0.39 is 11.7 Å². The van der Waals surface area contributed by atoms with E-state index in [2.05, 4.69) is 10.3 Å². The highest BCUT2D eigenvalue weighted by molar-refractivity contribution is 6.10. The van der Waals surface area contributed by atoms with Crippen LogP contribution in [0.1, 0.15) is 22.5 Å². The molecule has 0 saturated carbocycles. The Morgan fingerprint density at radius 1 is 1.25 bits per heavy atom. The molecule has 2 amide bonds. The quantitative estimate of drug-likeness (QED) is 0.752. The molecule has 122 valence electrons. The molecule has 1 aromatic carbocycles. The standard InChI is InChI=1S/C17H14FN3O3/c18-11-7-10(8-20-9-11)5-6-14(22)21-15-12-3-1-2-4-13(12)24-16(15)17(19)23/h1-4,7-9H,5-6H2,(H2,19,23)(H,21,22). The van der Waals surface area contributed by atoms with Crippen LogP contribution in [0.25, 0.3) is 11.0 Å². The minimum Gasteiger partial charge on any atom is -0.449 e. The van der Waals surface area contributed by atoms with Gasteiger partial charge in [0.1, 0.15) is 17.1 Å². The van der Waals surface area contributed by atoms with Crippen molar-refractivity contribution in [1.82, 2.24) is 4.98 Å². The van der Waals surface area contributed by atoms with E-state index in [-0.39, 0.29) is 23.8 Å². The molecule has 0 radical (unpaired) electrons. The Hall–Kier alpha value is -3.22. The number of halogens is 1. The van der Waals surface area contributed by atoms with Gasteiger partial charge in [-0.1, -0.05) is 12.1 Å². The second-order valence-electron chi connectivity index (χ2n) is 5.23. The van der Waals surface area contributed by atoms with E-state index in [1.165, 1.54) is 12.3 Å². The summed E-state index contributed by atoms with van der Waals surface area (Å²) in [6, 6.07) is 8.23. The van der Waals surface area contributed by atoms with Crippen LogP contribution in [-0.4, -0.2) is 16.8 Å². The molecule has 0 saturated heterocycles. The normalized spacial score (nSPS) is 10.7. The van der Waals surface area contributed by atoms with Gasteiger partial charge in [-0.25, -0.2) is 4.39 Å². The molecule has 24 heavy (non-hydrogen) atoms. The maximum absolute atomic E-state index is 13.1. The van der Waals surface area contributed by atoms with Crippen molar-refractivity contribution in [2.45, 2.75) is 12.8 Å². The number of amides is 2. The molecular formula is C17H14FN3O3. The number of rotatable bonds is 5. The van der Waals surface area contributed by atoms with Crippen molar-refractivity contribution in [3.05, 3.63) is 59.9 Å². The summed E-state index contributed by atoms with van der Waals surface area (Å²) < 4.78 is 18.5. The minimum atomic E-state index is -0.768. The van der Waals surface area contributed by atoms with Gasteiger partial charge in [0.05, 0.1) is 6.20 Å². The van der Waals surface area contributed by atoms with Gasteiger partial charge in [0, 0.05) is 18.0 Å². The van der Waals surface area contributed by atoms with Gasteiger partial charge in [0.15, 0.2) is 0 Å². The fourth-order valence-corrected chi connectivity index (χ4v) is 2.40. The number of hydrogen-bond donors (Lipinski definition) is 2. The minimum absolute atomic E-state index is 0.100. The number of aromatic nitrogens is 1. The highest BCUT2D eigenvalue weighted by Gasteiger charge is 2.20. The van der Waals surface area contributed by atoms with Crippen molar-refractivity contribution in [2.75, 3.05) is 5.32 Å². The third kappa shape index (κ3) is 3.24. The Balaban J connectivity index is 1.78. The van der Waals surface area contributed by atoms with Crippen molar-refractivity contribution in [1.29, 1.82) is 0 Å². The molecule has 2 heterocycles. The number of pyridine rings is 1. The van der Waals surface area contributed by atoms with Crippen molar-refractivity contribution in [2.24, 2.45) is 5.73 Å². The lowest BCUT2D eigenvalue weighted by molar-refractivity contribution is -0.116. The van der Waals surface area contributed by atoms with Gasteiger partial charge in [-0.3, -0.25) is 14.6 Å². The predicted molar refractivity (Wildman–Crippen MR) is 85.9 cm³/mol. The van der Waals surface area contributed by atoms with Gasteiger partial charge in [0.2, 0.25) is 11.7 Å². The number of primary amides is 1. The van der Waals surface area contributed by atoms with Gasteiger partial charge in [0.25, 0.3) is 5.91 Å². The second kappa shape index (κ2) is 6.49. The summed E-state index contributed by atoms with van der Waals surface area (Å²) in [6.07, 6.45) is 3.01. The van der Waals surface area contributed by atoms with E-state index >= 15 is 0 Å². The average Bonchev–Trinajstić information content (AvgIpc) is 2.92.